The van der Waals surface area contributed by atoms with Crippen LogP contribution < -0.4 is 10.6 Å². The maximum absolute atomic E-state index is 11.4. The van der Waals surface area contributed by atoms with E-state index in [1.54, 1.807) is 12.1 Å². The highest BCUT2D eigenvalue weighted by Gasteiger charge is 2.29. The summed E-state index contributed by atoms with van der Waals surface area (Å²) in [7, 11) is 0. The van der Waals surface area contributed by atoms with Gasteiger partial charge in [0.25, 0.3) is 0 Å². The van der Waals surface area contributed by atoms with Crippen LogP contribution in [0.2, 0.25) is 0 Å². The Kier molecular flexibility index (Phi) is 4.52. The first kappa shape index (κ1) is 13.5. The van der Waals surface area contributed by atoms with E-state index in [1.165, 1.54) is 0 Å². The van der Waals surface area contributed by atoms with Crippen molar-refractivity contribution in [1.82, 2.24) is 10.6 Å². The summed E-state index contributed by atoms with van der Waals surface area (Å²) in [6.07, 6.45) is 1.95. The summed E-state index contributed by atoms with van der Waals surface area (Å²) >= 11 is 0. The quantitative estimate of drug-likeness (QED) is 0.639. The topological polar surface area (TPSA) is 78.4 Å². The van der Waals surface area contributed by atoms with Gasteiger partial charge in [-0.2, -0.15) is 0 Å². The minimum absolute atomic E-state index is 0.0772. The molecule has 1 aromatic carbocycles. The highest BCUT2D eigenvalue weighted by molar-refractivity contribution is 5.80. The van der Waals surface area contributed by atoms with Crippen LogP contribution in [0.25, 0.3) is 0 Å². The smallest absolute Gasteiger partial charge is 0.325 e. The largest absolute Gasteiger partial charge is 0.480 e. The van der Waals surface area contributed by atoms with Crippen molar-refractivity contribution in [2.45, 2.75) is 18.9 Å². The van der Waals surface area contributed by atoms with Crippen LogP contribution in [-0.4, -0.2) is 30.1 Å². The molecule has 1 aliphatic rings. The Morgan fingerprint density at radius 2 is 1.89 bits per heavy atom. The van der Waals surface area contributed by atoms with E-state index in [0.717, 1.165) is 12.8 Å². The number of rotatable bonds is 7. The fourth-order valence-electron chi connectivity index (χ4n) is 1.89. The lowest BCUT2D eigenvalue weighted by molar-refractivity contribution is -0.139. The number of carboxylic acids is 1. The molecule has 0 radical (unpaired) electrons. The maximum atomic E-state index is 11.4. The van der Waals surface area contributed by atoms with Crippen molar-refractivity contribution >= 4 is 11.9 Å². The monoisotopic (exact) mass is 262 g/mol. The van der Waals surface area contributed by atoms with Crippen LogP contribution >= 0.6 is 0 Å². The fourth-order valence-corrected chi connectivity index (χ4v) is 1.89. The van der Waals surface area contributed by atoms with Crippen molar-refractivity contribution in [2.24, 2.45) is 5.92 Å². The number of aliphatic carboxylic acids is 1. The molecule has 5 heteroatoms. The third-order valence-electron chi connectivity index (χ3n) is 3.10. The molecule has 102 valence electrons. The van der Waals surface area contributed by atoms with Gasteiger partial charge < -0.3 is 10.4 Å². The minimum Gasteiger partial charge on any atom is -0.480 e. The molecule has 1 fully saturated rings. The first-order valence-electron chi connectivity index (χ1n) is 6.47. The Morgan fingerprint density at radius 1 is 1.21 bits per heavy atom. The lowest BCUT2D eigenvalue weighted by Crippen LogP contribution is -2.36. The molecular weight excluding hydrogens is 244 g/mol. The van der Waals surface area contributed by atoms with E-state index in [4.69, 9.17) is 0 Å². The first-order valence-corrected chi connectivity index (χ1v) is 6.47. The van der Waals surface area contributed by atoms with Gasteiger partial charge >= 0.3 is 5.97 Å². The zero-order valence-electron chi connectivity index (χ0n) is 10.6. The molecule has 0 spiro atoms. The Balaban J connectivity index is 1.77. The maximum Gasteiger partial charge on any atom is 0.325 e. The zero-order chi connectivity index (χ0) is 13.7. The van der Waals surface area contributed by atoms with Gasteiger partial charge in [-0.3, -0.25) is 14.9 Å². The third kappa shape index (κ3) is 4.06. The summed E-state index contributed by atoms with van der Waals surface area (Å²) in [5, 5.41) is 14.9. The summed E-state index contributed by atoms with van der Waals surface area (Å²) in [5.74, 6) is -0.655. The SMILES string of the molecule is O=C(NCCNC(C(=O)O)c1ccccc1)C1CC1. The Morgan fingerprint density at radius 3 is 2.47 bits per heavy atom. The summed E-state index contributed by atoms with van der Waals surface area (Å²) in [5.41, 5.74) is 0.712. The van der Waals surface area contributed by atoms with Crippen LogP contribution in [0.3, 0.4) is 0 Å². The van der Waals surface area contributed by atoms with Gasteiger partial charge in [0.15, 0.2) is 0 Å². The van der Waals surface area contributed by atoms with Crippen LogP contribution in [0, 0.1) is 5.92 Å². The lowest BCUT2D eigenvalue weighted by atomic mass is 10.1. The molecule has 0 saturated heterocycles. The third-order valence-corrected chi connectivity index (χ3v) is 3.10. The van der Waals surface area contributed by atoms with Crippen molar-refractivity contribution in [2.75, 3.05) is 13.1 Å². The van der Waals surface area contributed by atoms with E-state index in [-0.39, 0.29) is 11.8 Å². The summed E-state index contributed by atoms with van der Waals surface area (Å²) in [6.45, 7) is 0.885. The highest BCUT2D eigenvalue weighted by Crippen LogP contribution is 2.28. The molecule has 5 nitrogen and oxygen atoms in total. The average molecular weight is 262 g/mol. The number of hydrogen-bond acceptors (Lipinski definition) is 3. The van der Waals surface area contributed by atoms with Crippen molar-refractivity contribution in [3.63, 3.8) is 0 Å². The molecule has 1 saturated carbocycles. The van der Waals surface area contributed by atoms with Crippen molar-refractivity contribution < 1.29 is 14.7 Å². The molecule has 1 aliphatic carbocycles. The van der Waals surface area contributed by atoms with Gasteiger partial charge in [-0.15, -0.1) is 0 Å². The standard InChI is InChI=1S/C14H18N2O3/c17-13(11-6-7-11)16-9-8-15-12(14(18)19)10-4-2-1-3-5-10/h1-5,11-12,15H,6-9H2,(H,16,17)(H,18,19). The molecule has 0 aromatic heterocycles. The number of carboxylic acid groups (broad SMARTS) is 1. The van der Waals surface area contributed by atoms with E-state index in [0.29, 0.717) is 18.7 Å². The number of amides is 1. The fraction of sp³-hybridized carbons (Fsp3) is 0.429. The molecular formula is C14H18N2O3. The number of benzene rings is 1. The van der Waals surface area contributed by atoms with Gasteiger partial charge in [-0.05, 0) is 18.4 Å². The summed E-state index contributed by atoms with van der Waals surface area (Å²) in [4.78, 5) is 22.6. The zero-order valence-corrected chi connectivity index (χ0v) is 10.6. The van der Waals surface area contributed by atoms with Gasteiger partial charge in [0.1, 0.15) is 6.04 Å². The average Bonchev–Trinajstić information content (AvgIpc) is 3.23. The molecule has 0 aliphatic heterocycles. The Hall–Kier alpha value is -1.88. The molecule has 3 N–H and O–H groups in total. The van der Waals surface area contributed by atoms with Gasteiger partial charge in [0, 0.05) is 19.0 Å². The predicted molar refractivity (Wildman–Crippen MR) is 70.6 cm³/mol. The number of carbonyl (C=O) groups excluding carboxylic acids is 1. The molecule has 0 bridgehead atoms. The second-order valence-corrected chi connectivity index (χ2v) is 4.70. The second-order valence-electron chi connectivity index (χ2n) is 4.70. The van der Waals surface area contributed by atoms with Crippen molar-refractivity contribution in [3.8, 4) is 0 Å². The molecule has 0 heterocycles. The van der Waals surface area contributed by atoms with Gasteiger partial charge in [0.05, 0.1) is 0 Å². The number of nitrogens with one attached hydrogen (secondary N) is 2. The van der Waals surface area contributed by atoms with E-state index in [1.807, 2.05) is 18.2 Å². The van der Waals surface area contributed by atoms with E-state index >= 15 is 0 Å². The van der Waals surface area contributed by atoms with Crippen LogP contribution in [0.1, 0.15) is 24.4 Å². The molecule has 2 rings (SSSR count). The molecule has 1 amide bonds. The van der Waals surface area contributed by atoms with Crippen molar-refractivity contribution in [3.05, 3.63) is 35.9 Å². The second kappa shape index (κ2) is 6.33. The molecule has 1 aromatic rings. The van der Waals surface area contributed by atoms with Crippen LogP contribution in [0.4, 0.5) is 0 Å². The van der Waals surface area contributed by atoms with E-state index in [9.17, 15) is 14.7 Å². The lowest BCUT2D eigenvalue weighted by Gasteiger charge is -2.15. The minimum atomic E-state index is -0.917. The molecule has 19 heavy (non-hydrogen) atoms. The highest BCUT2D eigenvalue weighted by atomic mass is 16.4. The Bertz CT molecular complexity index is 443. The summed E-state index contributed by atoms with van der Waals surface area (Å²) < 4.78 is 0. The van der Waals surface area contributed by atoms with Crippen LogP contribution in [0.15, 0.2) is 30.3 Å². The number of carbonyl (C=O) groups is 2. The molecule has 1 atom stereocenters. The first-order chi connectivity index (χ1) is 9.18. The number of hydrogen-bond donors (Lipinski definition) is 3. The Labute approximate surface area is 112 Å². The van der Waals surface area contributed by atoms with E-state index in [2.05, 4.69) is 10.6 Å². The normalized spacial score (nSPS) is 15.8. The van der Waals surface area contributed by atoms with Crippen LogP contribution in [-0.2, 0) is 9.59 Å². The van der Waals surface area contributed by atoms with Gasteiger partial charge in [-0.1, -0.05) is 30.3 Å². The molecule has 1 unspecified atom stereocenters. The predicted octanol–water partition coefficient (Wildman–Crippen LogP) is 0.928. The van der Waals surface area contributed by atoms with E-state index < -0.39 is 12.0 Å². The van der Waals surface area contributed by atoms with Gasteiger partial charge in [-0.25, -0.2) is 0 Å². The van der Waals surface area contributed by atoms with Crippen LogP contribution in [0.5, 0.6) is 0 Å². The van der Waals surface area contributed by atoms with Gasteiger partial charge in [0.2, 0.25) is 5.91 Å². The van der Waals surface area contributed by atoms with Crippen molar-refractivity contribution in [1.29, 1.82) is 0 Å². The summed E-state index contributed by atoms with van der Waals surface area (Å²) in [6, 6.07) is 8.27.